The molecule has 20 heavy (non-hydrogen) atoms. The van der Waals surface area contributed by atoms with Crippen LogP contribution in [0.4, 0.5) is 5.69 Å². The molecule has 0 atom stereocenters. The number of para-hydroxylation sites is 2. The third-order valence-corrected chi connectivity index (χ3v) is 3.83. The van der Waals surface area contributed by atoms with Gasteiger partial charge in [-0.2, -0.15) is 0 Å². The van der Waals surface area contributed by atoms with Gasteiger partial charge in [0.05, 0.1) is 23.5 Å². The van der Waals surface area contributed by atoms with Crippen molar-refractivity contribution in [2.45, 2.75) is 45.2 Å². The Morgan fingerprint density at radius 3 is 2.20 bits per heavy atom. The highest BCUT2D eigenvalue weighted by Crippen LogP contribution is 2.37. The molecule has 1 fully saturated rings. The molecule has 4 nitrogen and oxygen atoms in total. The Morgan fingerprint density at radius 1 is 1.10 bits per heavy atom. The molecule has 1 aliphatic rings. The van der Waals surface area contributed by atoms with Crippen LogP contribution in [0, 0.1) is 0 Å². The minimum Gasteiger partial charge on any atom is -0.492 e. The molecule has 2 N–H and O–H groups in total. The number of nitrogen functional groups attached to an aromatic ring is 1. The van der Waals surface area contributed by atoms with Crippen molar-refractivity contribution in [3.05, 3.63) is 24.3 Å². The smallest absolute Gasteiger partial charge is 0.461 e. The van der Waals surface area contributed by atoms with E-state index in [9.17, 15) is 0 Å². The average molecular weight is 300 g/mol. The van der Waals surface area contributed by atoms with Crippen LogP contribution >= 0.6 is 12.4 Å². The molecule has 0 amide bonds. The molecule has 1 heterocycles. The lowest BCUT2D eigenvalue weighted by Crippen LogP contribution is -2.41. The third-order valence-electron chi connectivity index (χ3n) is 3.83. The first-order chi connectivity index (χ1) is 8.82. The first-order valence-corrected chi connectivity index (χ1v) is 6.65. The Kier molecular flexibility index (Phi) is 5.36. The van der Waals surface area contributed by atoms with E-state index in [0.29, 0.717) is 24.4 Å². The van der Waals surface area contributed by atoms with Gasteiger partial charge < -0.3 is 19.8 Å². The van der Waals surface area contributed by atoms with Gasteiger partial charge in [-0.1, -0.05) is 12.1 Å². The van der Waals surface area contributed by atoms with E-state index in [4.69, 9.17) is 19.8 Å². The highest BCUT2D eigenvalue weighted by atomic mass is 35.5. The SMILES string of the molecule is CC1(C)OB(CCOc2ccccc2N)OC1(C)C.Cl. The van der Waals surface area contributed by atoms with Gasteiger partial charge in [-0.25, -0.2) is 0 Å². The summed E-state index contributed by atoms with van der Waals surface area (Å²) >= 11 is 0. The van der Waals surface area contributed by atoms with Crippen LogP contribution in [-0.2, 0) is 9.31 Å². The molecule has 1 saturated heterocycles. The largest absolute Gasteiger partial charge is 0.492 e. The third kappa shape index (κ3) is 3.60. The summed E-state index contributed by atoms with van der Waals surface area (Å²) in [5, 5.41) is 0. The standard InChI is InChI=1S/C14H22BNO3.ClH/c1-13(2)14(3,4)19-15(18-13)9-10-17-12-8-6-5-7-11(12)16;/h5-8H,9-10,16H2,1-4H3;1H. The zero-order valence-corrected chi connectivity index (χ0v) is 13.3. The number of hydrogen-bond donors (Lipinski definition) is 1. The Bertz CT molecular complexity index is 438. The molecule has 2 rings (SSSR count). The van der Waals surface area contributed by atoms with Crippen molar-refractivity contribution in [1.29, 1.82) is 0 Å². The van der Waals surface area contributed by atoms with E-state index in [1.54, 1.807) is 0 Å². The second-order valence-electron chi connectivity index (χ2n) is 5.86. The summed E-state index contributed by atoms with van der Waals surface area (Å²) in [6, 6.07) is 7.47. The number of nitrogens with two attached hydrogens (primary N) is 1. The molecule has 0 unspecified atom stereocenters. The summed E-state index contributed by atoms with van der Waals surface area (Å²) in [5.74, 6) is 0.707. The topological polar surface area (TPSA) is 53.7 Å². The van der Waals surface area contributed by atoms with Gasteiger partial charge in [-0.3, -0.25) is 0 Å². The van der Waals surface area contributed by atoms with Crippen molar-refractivity contribution in [3.63, 3.8) is 0 Å². The van der Waals surface area contributed by atoms with Crippen LogP contribution in [0.15, 0.2) is 24.3 Å². The minimum absolute atomic E-state index is 0. The predicted octanol–water partition coefficient (Wildman–Crippen LogP) is 3.16. The lowest BCUT2D eigenvalue weighted by Gasteiger charge is -2.32. The molecule has 0 aromatic heterocycles. The number of hydrogen-bond acceptors (Lipinski definition) is 4. The molecule has 112 valence electrons. The monoisotopic (exact) mass is 299 g/mol. The van der Waals surface area contributed by atoms with Gasteiger partial charge >= 0.3 is 7.12 Å². The lowest BCUT2D eigenvalue weighted by atomic mass is 9.86. The van der Waals surface area contributed by atoms with Crippen LogP contribution < -0.4 is 10.5 Å². The molecule has 6 heteroatoms. The molecule has 1 aliphatic heterocycles. The normalized spacial score (nSPS) is 19.5. The van der Waals surface area contributed by atoms with Gasteiger partial charge in [0.15, 0.2) is 0 Å². The molecule has 1 aromatic carbocycles. The Morgan fingerprint density at radius 2 is 1.65 bits per heavy atom. The average Bonchev–Trinajstić information content (AvgIpc) is 2.50. The van der Waals surface area contributed by atoms with Crippen molar-refractivity contribution in [2.24, 2.45) is 0 Å². The van der Waals surface area contributed by atoms with Gasteiger partial charge in [0.2, 0.25) is 0 Å². The number of rotatable bonds is 4. The van der Waals surface area contributed by atoms with E-state index in [1.165, 1.54) is 0 Å². The van der Waals surface area contributed by atoms with Crippen LogP contribution in [0.5, 0.6) is 5.75 Å². The zero-order chi connectivity index (χ0) is 14.1. The number of anilines is 1. The highest BCUT2D eigenvalue weighted by molar-refractivity contribution is 6.45. The van der Waals surface area contributed by atoms with Crippen molar-refractivity contribution in [3.8, 4) is 5.75 Å². The minimum atomic E-state index is -0.288. The van der Waals surface area contributed by atoms with Crippen molar-refractivity contribution in [1.82, 2.24) is 0 Å². The van der Waals surface area contributed by atoms with Crippen molar-refractivity contribution in [2.75, 3.05) is 12.3 Å². The maximum absolute atomic E-state index is 5.90. The predicted molar refractivity (Wildman–Crippen MR) is 84.5 cm³/mol. The van der Waals surface area contributed by atoms with Crippen molar-refractivity contribution >= 4 is 25.2 Å². The summed E-state index contributed by atoms with van der Waals surface area (Å²) in [6.45, 7) is 8.70. The fraction of sp³-hybridized carbons (Fsp3) is 0.571. The molecule has 0 spiro atoms. The lowest BCUT2D eigenvalue weighted by molar-refractivity contribution is 0.00578. The van der Waals surface area contributed by atoms with E-state index in [-0.39, 0.29) is 30.7 Å². The van der Waals surface area contributed by atoms with Gasteiger partial charge in [0.25, 0.3) is 0 Å². The van der Waals surface area contributed by atoms with Gasteiger partial charge in [-0.05, 0) is 39.8 Å². The number of halogens is 1. The summed E-state index contributed by atoms with van der Waals surface area (Å²) in [5.41, 5.74) is 5.89. The van der Waals surface area contributed by atoms with Gasteiger partial charge in [0, 0.05) is 6.32 Å². The first kappa shape index (κ1) is 17.1. The summed E-state index contributed by atoms with van der Waals surface area (Å²) in [6.07, 6.45) is 0.682. The summed E-state index contributed by atoms with van der Waals surface area (Å²) < 4.78 is 17.4. The summed E-state index contributed by atoms with van der Waals surface area (Å²) in [7, 11) is -0.227. The second kappa shape index (κ2) is 6.25. The molecular weight excluding hydrogens is 276 g/mol. The van der Waals surface area contributed by atoms with E-state index >= 15 is 0 Å². The first-order valence-electron chi connectivity index (χ1n) is 6.65. The van der Waals surface area contributed by atoms with Crippen LogP contribution in [0.3, 0.4) is 0 Å². The fourth-order valence-electron chi connectivity index (χ4n) is 1.96. The summed E-state index contributed by atoms with van der Waals surface area (Å²) in [4.78, 5) is 0. The van der Waals surface area contributed by atoms with Gasteiger partial charge in [0.1, 0.15) is 5.75 Å². The van der Waals surface area contributed by atoms with E-state index in [2.05, 4.69) is 0 Å². The Hall–Kier alpha value is -0.905. The molecular formula is C14H23BClNO3. The Balaban J connectivity index is 0.00000200. The number of benzene rings is 1. The maximum Gasteiger partial charge on any atom is 0.461 e. The van der Waals surface area contributed by atoms with E-state index in [1.807, 2.05) is 52.0 Å². The van der Waals surface area contributed by atoms with E-state index < -0.39 is 0 Å². The molecule has 1 aromatic rings. The van der Waals surface area contributed by atoms with Crippen molar-refractivity contribution < 1.29 is 14.0 Å². The van der Waals surface area contributed by atoms with Crippen LogP contribution in [0.25, 0.3) is 0 Å². The molecule has 0 saturated carbocycles. The second-order valence-corrected chi connectivity index (χ2v) is 5.86. The van der Waals surface area contributed by atoms with Crippen LogP contribution in [0.1, 0.15) is 27.7 Å². The quantitative estimate of drug-likeness (QED) is 0.685. The number of ether oxygens (including phenoxy) is 1. The zero-order valence-electron chi connectivity index (χ0n) is 12.5. The molecule has 0 bridgehead atoms. The van der Waals surface area contributed by atoms with Crippen LogP contribution in [-0.4, -0.2) is 24.9 Å². The molecule has 0 radical (unpaired) electrons. The highest BCUT2D eigenvalue weighted by Gasteiger charge is 2.50. The Labute approximate surface area is 127 Å². The van der Waals surface area contributed by atoms with Crippen LogP contribution in [0.2, 0.25) is 6.32 Å². The van der Waals surface area contributed by atoms with E-state index in [0.717, 1.165) is 0 Å². The maximum atomic E-state index is 5.90. The fourth-order valence-corrected chi connectivity index (χ4v) is 1.96. The van der Waals surface area contributed by atoms with Gasteiger partial charge in [-0.15, -0.1) is 12.4 Å². The molecule has 0 aliphatic carbocycles.